The van der Waals surface area contributed by atoms with Gasteiger partial charge in [0.25, 0.3) is 0 Å². The fraction of sp³-hybridized carbons (Fsp3) is 0.214. The van der Waals surface area contributed by atoms with Crippen molar-refractivity contribution in [3.8, 4) is 0 Å². The smallest absolute Gasteiger partial charge is 0.0589 e. The van der Waals surface area contributed by atoms with Crippen LogP contribution >= 0.6 is 0 Å². The van der Waals surface area contributed by atoms with Crippen LogP contribution in [-0.4, -0.2) is 12.0 Å². The van der Waals surface area contributed by atoms with E-state index in [0.717, 1.165) is 0 Å². The van der Waals surface area contributed by atoms with Crippen molar-refractivity contribution in [1.82, 2.24) is 10.3 Å². The molecule has 0 spiro atoms. The summed E-state index contributed by atoms with van der Waals surface area (Å²) in [7, 11) is 1.97. The molecule has 1 heterocycles. The Hall–Kier alpha value is -1.67. The molecule has 1 unspecified atom stereocenters. The second-order valence-electron chi connectivity index (χ2n) is 3.92. The second kappa shape index (κ2) is 4.90. The van der Waals surface area contributed by atoms with E-state index in [9.17, 15) is 0 Å². The number of rotatable bonds is 3. The molecule has 0 aliphatic carbocycles. The fourth-order valence-corrected chi connectivity index (χ4v) is 1.83. The van der Waals surface area contributed by atoms with Crippen LogP contribution in [0.3, 0.4) is 0 Å². The zero-order valence-electron chi connectivity index (χ0n) is 9.64. The van der Waals surface area contributed by atoms with Crippen LogP contribution in [0.5, 0.6) is 0 Å². The summed E-state index contributed by atoms with van der Waals surface area (Å²) >= 11 is 0. The van der Waals surface area contributed by atoms with Crippen LogP contribution in [0.2, 0.25) is 0 Å². The number of hydrogen-bond donors (Lipinski definition) is 1. The van der Waals surface area contributed by atoms with Gasteiger partial charge in [0, 0.05) is 12.4 Å². The lowest BCUT2D eigenvalue weighted by Gasteiger charge is -2.16. The van der Waals surface area contributed by atoms with Crippen molar-refractivity contribution in [2.24, 2.45) is 0 Å². The Morgan fingerprint density at radius 2 is 1.81 bits per heavy atom. The van der Waals surface area contributed by atoms with Crippen LogP contribution in [0.25, 0.3) is 0 Å². The van der Waals surface area contributed by atoms with E-state index in [-0.39, 0.29) is 6.04 Å². The molecule has 2 aromatic rings. The summed E-state index contributed by atoms with van der Waals surface area (Å²) in [5.41, 5.74) is 3.74. The first-order chi connectivity index (χ1) is 7.81. The molecule has 0 radical (unpaired) electrons. The standard InChI is InChI=1S/C14H16N2/c1-11-5-7-12(8-6-11)14(15-2)13-4-3-9-16-10-13/h3-10,14-15H,1-2H3. The molecule has 0 aliphatic heterocycles. The van der Waals surface area contributed by atoms with Crippen molar-refractivity contribution in [2.75, 3.05) is 7.05 Å². The summed E-state index contributed by atoms with van der Waals surface area (Å²) in [4.78, 5) is 4.16. The van der Waals surface area contributed by atoms with Crippen molar-refractivity contribution in [3.63, 3.8) is 0 Å². The van der Waals surface area contributed by atoms with Gasteiger partial charge in [-0.15, -0.1) is 0 Å². The molecule has 0 saturated heterocycles. The van der Waals surface area contributed by atoms with Crippen molar-refractivity contribution >= 4 is 0 Å². The van der Waals surface area contributed by atoms with Gasteiger partial charge in [0.2, 0.25) is 0 Å². The average Bonchev–Trinajstić information content (AvgIpc) is 2.34. The molecular weight excluding hydrogens is 196 g/mol. The molecule has 2 rings (SSSR count). The molecule has 0 aliphatic rings. The van der Waals surface area contributed by atoms with E-state index >= 15 is 0 Å². The second-order valence-corrected chi connectivity index (χ2v) is 3.92. The zero-order chi connectivity index (χ0) is 11.4. The Morgan fingerprint density at radius 1 is 1.06 bits per heavy atom. The molecule has 0 saturated carbocycles. The van der Waals surface area contributed by atoms with Crippen LogP contribution < -0.4 is 5.32 Å². The van der Waals surface area contributed by atoms with E-state index < -0.39 is 0 Å². The molecule has 16 heavy (non-hydrogen) atoms. The SMILES string of the molecule is CNC(c1ccc(C)cc1)c1cccnc1. The summed E-state index contributed by atoms with van der Waals surface area (Å²) in [5.74, 6) is 0. The number of nitrogens with zero attached hydrogens (tertiary/aromatic N) is 1. The van der Waals surface area contributed by atoms with Gasteiger partial charge in [-0.25, -0.2) is 0 Å². The monoisotopic (exact) mass is 212 g/mol. The molecule has 1 aromatic carbocycles. The van der Waals surface area contributed by atoms with Crippen molar-refractivity contribution < 1.29 is 0 Å². The average molecular weight is 212 g/mol. The van der Waals surface area contributed by atoms with Crippen LogP contribution in [0.1, 0.15) is 22.7 Å². The first-order valence-electron chi connectivity index (χ1n) is 5.45. The Balaban J connectivity index is 2.33. The lowest BCUT2D eigenvalue weighted by molar-refractivity contribution is 0.688. The van der Waals surface area contributed by atoms with Gasteiger partial charge in [0.05, 0.1) is 6.04 Å². The Morgan fingerprint density at radius 3 is 2.38 bits per heavy atom. The van der Waals surface area contributed by atoms with E-state index in [4.69, 9.17) is 0 Å². The Labute approximate surface area is 96.4 Å². The first kappa shape index (κ1) is 10.8. The highest BCUT2D eigenvalue weighted by Gasteiger charge is 2.10. The van der Waals surface area contributed by atoms with E-state index in [1.54, 1.807) is 6.20 Å². The van der Waals surface area contributed by atoms with Gasteiger partial charge in [-0.05, 0) is 31.2 Å². The van der Waals surface area contributed by atoms with Gasteiger partial charge in [-0.1, -0.05) is 35.9 Å². The van der Waals surface area contributed by atoms with E-state index in [1.165, 1.54) is 16.7 Å². The van der Waals surface area contributed by atoms with Gasteiger partial charge >= 0.3 is 0 Å². The van der Waals surface area contributed by atoms with Gasteiger partial charge in [-0.3, -0.25) is 4.98 Å². The minimum absolute atomic E-state index is 0.217. The number of benzene rings is 1. The topological polar surface area (TPSA) is 24.9 Å². The zero-order valence-corrected chi connectivity index (χ0v) is 9.64. The number of nitrogens with one attached hydrogen (secondary N) is 1. The highest BCUT2D eigenvalue weighted by molar-refractivity contribution is 5.31. The van der Waals surface area contributed by atoms with Gasteiger partial charge in [0.1, 0.15) is 0 Å². The van der Waals surface area contributed by atoms with E-state index in [0.29, 0.717) is 0 Å². The van der Waals surface area contributed by atoms with Crippen LogP contribution in [0, 0.1) is 6.92 Å². The number of hydrogen-bond acceptors (Lipinski definition) is 2. The van der Waals surface area contributed by atoms with E-state index in [2.05, 4.69) is 47.6 Å². The third kappa shape index (κ3) is 2.28. The third-order valence-electron chi connectivity index (χ3n) is 2.72. The minimum Gasteiger partial charge on any atom is -0.309 e. The highest BCUT2D eigenvalue weighted by atomic mass is 14.9. The lowest BCUT2D eigenvalue weighted by Crippen LogP contribution is -2.17. The maximum absolute atomic E-state index is 4.16. The van der Waals surface area contributed by atoms with E-state index in [1.807, 2.05) is 19.3 Å². The fourth-order valence-electron chi connectivity index (χ4n) is 1.83. The predicted octanol–water partition coefficient (Wildman–Crippen LogP) is 2.70. The van der Waals surface area contributed by atoms with Gasteiger partial charge < -0.3 is 5.32 Å². The molecule has 0 amide bonds. The molecule has 0 fully saturated rings. The molecule has 1 atom stereocenters. The summed E-state index contributed by atoms with van der Waals surface area (Å²) in [6, 6.07) is 12.9. The van der Waals surface area contributed by atoms with Crippen molar-refractivity contribution in [1.29, 1.82) is 0 Å². The number of aryl methyl sites for hydroxylation is 1. The molecule has 1 aromatic heterocycles. The maximum Gasteiger partial charge on any atom is 0.0589 e. The number of aromatic nitrogens is 1. The maximum atomic E-state index is 4.16. The summed E-state index contributed by atoms with van der Waals surface area (Å²) in [6.45, 7) is 2.10. The molecule has 1 N–H and O–H groups in total. The van der Waals surface area contributed by atoms with Gasteiger partial charge in [0.15, 0.2) is 0 Å². The number of pyridine rings is 1. The molecule has 0 bridgehead atoms. The molecule has 2 nitrogen and oxygen atoms in total. The summed E-state index contributed by atoms with van der Waals surface area (Å²) in [6.07, 6.45) is 3.70. The lowest BCUT2D eigenvalue weighted by atomic mass is 9.99. The largest absolute Gasteiger partial charge is 0.309 e. The molecule has 2 heteroatoms. The van der Waals surface area contributed by atoms with Gasteiger partial charge in [-0.2, -0.15) is 0 Å². The van der Waals surface area contributed by atoms with Crippen LogP contribution in [0.4, 0.5) is 0 Å². The normalized spacial score (nSPS) is 12.4. The predicted molar refractivity (Wildman–Crippen MR) is 66.3 cm³/mol. The molecular formula is C14H16N2. The highest BCUT2D eigenvalue weighted by Crippen LogP contribution is 2.20. The quantitative estimate of drug-likeness (QED) is 0.846. The summed E-state index contributed by atoms with van der Waals surface area (Å²) in [5, 5.41) is 3.31. The molecule has 82 valence electrons. The Kier molecular flexibility index (Phi) is 3.32. The van der Waals surface area contributed by atoms with Crippen molar-refractivity contribution in [2.45, 2.75) is 13.0 Å². The van der Waals surface area contributed by atoms with Crippen LogP contribution in [-0.2, 0) is 0 Å². The van der Waals surface area contributed by atoms with Crippen LogP contribution in [0.15, 0.2) is 48.8 Å². The van der Waals surface area contributed by atoms with Crippen molar-refractivity contribution in [3.05, 3.63) is 65.5 Å². The third-order valence-corrected chi connectivity index (χ3v) is 2.72. The minimum atomic E-state index is 0.217. The Bertz CT molecular complexity index is 434. The summed E-state index contributed by atoms with van der Waals surface area (Å²) < 4.78 is 0. The first-order valence-corrected chi connectivity index (χ1v) is 5.45.